The zero-order valence-electron chi connectivity index (χ0n) is 9.38. The number of allylic oxidation sites excluding steroid dienone is 4. The summed E-state index contributed by atoms with van der Waals surface area (Å²) < 4.78 is -0.0864. The summed E-state index contributed by atoms with van der Waals surface area (Å²) in [4.78, 5) is 0. The normalized spacial score (nSPS) is 41.5. The van der Waals surface area contributed by atoms with Crippen molar-refractivity contribution in [3.05, 3.63) is 23.3 Å². The Kier molecular flexibility index (Phi) is 2.47. The van der Waals surface area contributed by atoms with Gasteiger partial charge in [0.05, 0.1) is 16.3 Å². The zero-order chi connectivity index (χ0) is 11.2. The van der Waals surface area contributed by atoms with Crippen LogP contribution in [0, 0.1) is 23.2 Å². The first kappa shape index (κ1) is 10.6. The van der Waals surface area contributed by atoms with E-state index < -0.39 is 0 Å². The highest BCUT2D eigenvalue weighted by Crippen LogP contribution is 2.56. The van der Waals surface area contributed by atoms with Crippen LogP contribution in [0.5, 0.6) is 0 Å². The Hall–Kier alpha value is -0.550. The quantitative estimate of drug-likeness (QED) is 0.483. The first-order valence-electron chi connectivity index (χ1n) is 6.26. The smallest absolute Gasteiger partial charge is 0.0833 e. The minimum atomic E-state index is -0.0864. The molecule has 4 aliphatic rings. The Labute approximate surface area is 105 Å². The predicted octanol–water partition coefficient (Wildman–Crippen LogP) is 4.11. The molecular weight excluding hydrogens is 262 g/mol. The van der Waals surface area contributed by atoms with E-state index in [1.165, 1.54) is 43.3 Å². The van der Waals surface area contributed by atoms with Gasteiger partial charge in [-0.1, -0.05) is 45.6 Å². The molecule has 0 aromatic carbocycles. The van der Waals surface area contributed by atoms with Crippen molar-refractivity contribution in [3.63, 3.8) is 0 Å². The second-order valence-electron chi connectivity index (χ2n) is 5.24. The van der Waals surface area contributed by atoms with Crippen LogP contribution in [0.4, 0.5) is 0 Å². The molecule has 0 aliphatic heterocycles. The maximum absolute atomic E-state index is 9.36. The van der Waals surface area contributed by atoms with Gasteiger partial charge in [-0.25, -0.2) is 0 Å². The molecule has 0 radical (unpaired) electrons. The summed E-state index contributed by atoms with van der Waals surface area (Å²) in [6.45, 7) is 0. The van der Waals surface area contributed by atoms with E-state index in [-0.39, 0.29) is 10.2 Å². The highest BCUT2D eigenvalue weighted by atomic mass is 79.9. The summed E-state index contributed by atoms with van der Waals surface area (Å²) >= 11 is 3.93. The molecule has 0 saturated heterocycles. The fraction of sp³-hybridized carbons (Fsp3) is 0.643. The van der Waals surface area contributed by atoms with Crippen molar-refractivity contribution in [1.82, 2.24) is 0 Å². The summed E-state index contributed by atoms with van der Waals surface area (Å²) in [7, 11) is 0. The van der Waals surface area contributed by atoms with Crippen LogP contribution < -0.4 is 0 Å². The number of nitriles is 1. The van der Waals surface area contributed by atoms with Crippen LogP contribution in [-0.2, 0) is 0 Å². The maximum atomic E-state index is 9.36. The molecule has 4 bridgehead atoms. The van der Waals surface area contributed by atoms with E-state index in [1.54, 1.807) is 0 Å². The number of halogens is 1. The van der Waals surface area contributed by atoms with Crippen LogP contribution in [0.3, 0.4) is 0 Å². The highest BCUT2D eigenvalue weighted by molar-refractivity contribution is 9.10. The van der Waals surface area contributed by atoms with Gasteiger partial charge < -0.3 is 0 Å². The van der Waals surface area contributed by atoms with Crippen molar-refractivity contribution < 1.29 is 0 Å². The number of alkyl halides is 1. The number of hydrogen-bond donors (Lipinski definition) is 0. The van der Waals surface area contributed by atoms with Crippen LogP contribution >= 0.6 is 15.9 Å². The number of fused-ring (bicyclic) bond motifs is 1. The van der Waals surface area contributed by atoms with Gasteiger partial charge in [-0.3, -0.25) is 0 Å². The third kappa shape index (κ3) is 1.34. The van der Waals surface area contributed by atoms with Crippen molar-refractivity contribution in [3.8, 4) is 6.07 Å². The minimum absolute atomic E-state index is 0.0864. The Balaban J connectivity index is 2.08. The third-order valence-electron chi connectivity index (χ3n) is 4.30. The fourth-order valence-corrected chi connectivity index (χ4v) is 4.46. The maximum Gasteiger partial charge on any atom is 0.0833 e. The largest absolute Gasteiger partial charge is 0.198 e. The molecule has 4 aliphatic carbocycles. The topological polar surface area (TPSA) is 23.8 Å². The van der Waals surface area contributed by atoms with Crippen LogP contribution in [0.1, 0.15) is 38.5 Å². The Morgan fingerprint density at radius 1 is 1.19 bits per heavy atom. The molecule has 0 aromatic rings. The Morgan fingerprint density at radius 2 is 1.81 bits per heavy atom. The molecule has 0 unspecified atom stereocenters. The molecule has 2 heteroatoms. The van der Waals surface area contributed by atoms with Gasteiger partial charge in [0.1, 0.15) is 0 Å². The monoisotopic (exact) mass is 277 g/mol. The lowest BCUT2D eigenvalue weighted by atomic mass is 9.63. The average Bonchev–Trinajstić information content (AvgIpc) is 2.29. The molecule has 16 heavy (non-hydrogen) atoms. The van der Waals surface area contributed by atoms with Gasteiger partial charge in [-0.2, -0.15) is 5.26 Å². The lowest BCUT2D eigenvalue weighted by Gasteiger charge is -2.47. The Bertz CT molecular complexity index is 389. The van der Waals surface area contributed by atoms with E-state index in [9.17, 15) is 5.26 Å². The fourth-order valence-electron chi connectivity index (χ4n) is 3.51. The molecule has 1 fully saturated rings. The van der Waals surface area contributed by atoms with Crippen molar-refractivity contribution in [2.75, 3.05) is 0 Å². The zero-order valence-corrected chi connectivity index (χ0v) is 11.0. The van der Waals surface area contributed by atoms with Crippen LogP contribution in [-0.4, -0.2) is 4.32 Å². The molecule has 0 N–H and O–H groups in total. The van der Waals surface area contributed by atoms with Gasteiger partial charge in [0.25, 0.3) is 0 Å². The third-order valence-corrected chi connectivity index (χ3v) is 5.87. The first-order valence-corrected chi connectivity index (χ1v) is 7.05. The van der Waals surface area contributed by atoms with E-state index in [1.807, 2.05) is 0 Å². The molecule has 0 spiro atoms. The second-order valence-corrected chi connectivity index (χ2v) is 6.49. The van der Waals surface area contributed by atoms with E-state index in [0.717, 1.165) is 6.42 Å². The van der Waals surface area contributed by atoms with E-state index in [0.29, 0.717) is 5.92 Å². The van der Waals surface area contributed by atoms with Crippen LogP contribution in [0.25, 0.3) is 0 Å². The molecule has 0 heterocycles. The summed E-state index contributed by atoms with van der Waals surface area (Å²) in [5.74, 6) is 0.683. The average molecular weight is 278 g/mol. The van der Waals surface area contributed by atoms with E-state index >= 15 is 0 Å². The lowest BCUT2D eigenvalue weighted by Crippen LogP contribution is -2.43. The number of rotatable bonds is 0. The van der Waals surface area contributed by atoms with E-state index in [2.05, 4.69) is 34.2 Å². The van der Waals surface area contributed by atoms with Crippen LogP contribution in [0.2, 0.25) is 0 Å². The van der Waals surface area contributed by atoms with Gasteiger partial charge >= 0.3 is 0 Å². The predicted molar refractivity (Wildman–Crippen MR) is 68.1 cm³/mol. The molecule has 1 atom stereocenters. The highest BCUT2D eigenvalue weighted by Gasteiger charge is 2.49. The SMILES string of the molecule is N#C[C@H]1CC2C=C3CCCCCC(=C2)C31Br. The van der Waals surface area contributed by atoms with Crippen molar-refractivity contribution in [1.29, 1.82) is 5.26 Å². The lowest BCUT2D eigenvalue weighted by molar-refractivity contribution is 0.396. The van der Waals surface area contributed by atoms with Gasteiger partial charge in [0, 0.05) is 0 Å². The number of nitrogens with zero attached hydrogens (tertiary/aromatic N) is 1. The molecule has 0 aromatic heterocycles. The molecule has 84 valence electrons. The summed E-state index contributed by atoms with van der Waals surface area (Å²) in [6.07, 6.45) is 12.1. The minimum Gasteiger partial charge on any atom is -0.198 e. The molecular formula is C14H16BrN. The van der Waals surface area contributed by atoms with Crippen LogP contribution in [0.15, 0.2) is 23.3 Å². The van der Waals surface area contributed by atoms with Gasteiger partial charge in [-0.05, 0) is 38.0 Å². The van der Waals surface area contributed by atoms with Gasteiger partial charge in [-0.15, -0.1) is 0 Å². The number of hydrogen-bond acceptors (Lipinski definition) is 1. The second kappa shape index (κ2) is 3.74. The summed E-state index contributed by atoms with van der Waals surface area (Å²) in [5.41, 5.74) is 2.99. The van der Waals surface area contributed by atoms with Gasteiger partial charge in [0.15, 0.2) is 0 Å². The molecule has 0 amide bonds. The first-order chi connectivity index (χ1) is 7.75. The molecule has 1 saturated carbocycles. The van der Waals surface area contributed by atoms with Crippen molar-refractivity contribution in [2.45, 2.75) is 42.8 Å². The molecule has 4 rings (SSSR count). The van der Waals surface area contributed by atoms with Gasteiger partial charge in [0.2, 0.25) is 0 Å². The standard InChI is InChI=1S/C14H16BrN/c15-14-11-4-2-1-3-5-12(14)7-10(6-11)8-13(14)9-16/h6-7,10,13H,1-5,8H2/t10?,13-,14?/m1/s1. The van der Waals surface area contributed by atoms with Crippen molar-refractivity contribution >= 4 is 15.9 Å². The Morgan fingerprint density at radius 3 is 2.38 bits per heavy atom. The molecule has 1 nitrogen and oxygen atoms in total. The summed E-state index contributed by atoms with van der Waals surface area (Å²) in [5, 5.41) is 9.36. The van der Waals surface area contributed by atoms with E-state index in [4.69, 9.17) is 0 Å². The van der Waals surface area contributed by atoms with Crippen molar-refractivity contribution in [2.24, 2.45) is 11.8 Å². The summed E-state index contributed by atoms with van der Waals surface area (Å²) in [6, 6.07) is 2.52.